The van der Waals surface area contributed by atoms with E-state index in [0.717, 1.165) is 204 Å². The Kier molecular flexibility index (Phi) is 22.5. The van der Waals surface area contributed by atoms with Gasteiger partial charge in [-0.1, -0.05) is 228 Å². The van der Waals surface area contributed by atoms with Gasteiger partial charge in [0.2, 0.25) is 0 Å². The number of aromatic nitrogens is 8. The van der Waals surface area contributed by atoms with Crippen molar-refractivity contribution in [1.29, 1.82) is 0 Å². The van der Waals surface area contributed by atoms with E-state index in [0.29, 0.717) is 0 Å². The second-order valence-corrected chi connectivity index (χ2v) is 23.0. The predicted molar refractivity (Wildman–Crippen MR) is 370 cm³/mol. The first kappa shape index (κ1) is 67.3. The SMILES string of the molecule is CCC1=C(CC)c2cc3[n-]c(c(/C=C/C=C/C=C/c4c5nc(cc6[n-]c(cc7nc(cc8[n-]c4c(CC)c8CC)C(CC)=C7CC)c(CC)c6CC)C(CC)=C5CC)c4nc(cc5[n-]c(cc1n2)c(CC)c5CC)C(CC)=C4CC)c(CC)c3CC.[Ni+2].[Ni+2]. The third kappa shape index (κ3) is 11.9. The number of hydrogen-bond acceptors (Lipinski definition) is 4. The summed E-state index contributed by atoms with van der Waals surface area (Å²) in [6, 6.07) is 13.6. The summed E-state index contributed by atoms with van der Waals surface area (Å²) in [4.78, 5) is 44.6. The third-order valence-corrected chi connectivity index (χ3v) is 18.8. The zero-order valence-corrected chi connectivity index (χ0v) is 57.4. The Balaban J connectivity index is 0.00000501. The van der Waals surface area contributed by atoms with Crippen LogP contribution in [-0.2, 0) is 84.3 Å². The standard InChI is InChI=1S/C78H92N8.2Ni/c1-17-45-49(21-5)67-41-71-53(25-9)57(29-13)75(83-71)61(76-58(30-14)54(26-10)72(84-76)42-68-50(22-6)46(18-2)64(80-68)39-63(45)79-67)37-35-33-34-36-38-62-77-59(31-15)55(27-11)73(85-77)43-69-51(23-7)47(19-3)65(81-69)40-66-48(20-4)52(24-8)70(82-66)44-74-56(28-12)60(32-16)78(62)86-74;;/h33-44H,17-32H2,1-16H3;;/q-4;2*+2/b34-33+,37-35+,38-36+,63-39?,64-39?,65-40?,66-40?,67-41?,68-42?,69-43?,70-44?,71-41?,72-42?,73-43?,74-44?,75-61?,76-61?,77-62?,78-62?;;. The Morgan fingerprint density at radius 2 is 0.466 bits per heavy atom. The number of aryl methyl sites for hydroxylation is 8. The van der Waals surface area contributed by atoms with Crippen molar-refractivity contribution in [2.45, 2.75) is 214 Å². The van der Waals surface area contributed by atoms with Crippen LogP contribution in [0.1, 0.15) is 263 Å². The number of allylic oxidation sites excluding steroid dienone is 12. The Labute approximate surface area is 545 Å². The maximum atomic E-state index is 5.69. The summed E-state index contributed by atoms with van der Waals surface area (Å²) in [6.07, 6.45) is 27.3. The van der Waals surface area contributed by atoms with Crippen molar-refractivity contribution in [2.75, 3.05) is 0 Å². The van der Waals surface area contributed by atoms with Gasteiger partial charge in [0.25, 0.3) is 0 Å². The minimum atomic E-state index is 0. The molecule has 8 nitrogen and oxygen atoms in total. The van der Waals surface area contributed by atoms with Crippen molar-refractivity contribution in [2.24, 2.45) is 0 Å². The van der Waals surface area contributed by atoms with Crippen molar-refractivity contribution in [1.82, 2.24) is 39.9 Å². The van der Waals surface area contributed by atoms with Crippen LogP contribution < -0.4 is 19.9 Å². The molecule has 6 aromatic heterocycles. The average Bonchev–Trinajstić information content (AvgIpc) is 1.73. The van der Waals surface area contributed by atoms with Crippen molar-refractivity contribution in [3.63, 3.8) is 0 Å². The Bertz CT molecular complexity index is 3970. The molecule has 0 N–H and O–H groups in total. The summed E-state index contributed by atoms with van der Waals surface area (Å²) in [7, 11) is 0. The summed E-state index contributed by atoms with van der Waals surface area (Å²) in [5.74, 6) is 0. The van der Waals surface area contributed by atoms with Gasteiger partial charge in [0.15, 0.2) is 0 Å². The molecule has 0 fully saturated rings. The summed E-state index contributed by atoms with van der Waals surface area (Å²) >= 11 is 0. The zero-order chi connectivity index (χ0) is 61.1. The van der Waals surface area contributed by atoms with Gasteiger partial charge in [-0.2, -0.15) is 0 Å². The molecule has 4 aliphatic heterocycles. The fraction of sp³-hybridized carbons (Fsp3) is 0.410. The van der Waals surface area contributed by atoms with Gasteiger partial charge in [0, 0.05) is 0 Å². The molecule has 464 valence electrons. The first-order valence-electron chi connectivity index (χ1n) is 33.3. The van der Waals surface area contributed by atoms with E-state index in [4.69, 9.17) is 39.9 Å². The molecule has 0 spiro atoms. The Morgan fingerprint density at radius 3 is 0.705 bits per heavy atom. The fourth-order valence-electron chi connectivity index (χ4n) is 14.8. The van der Waals surface area contributed by atoms with E-state index in [1.807, 2.05) is 0 Å². The van der Waals surface area contributed by atoms with E-state index in [-0.39, 0.29) is 33.0 Å². The van der Waals surface area contributed by atoms with Crippen LogP contribution in [0.5, 0.6) is 0 Å². The van der Waals surface area contributed by atoms with Crippen LogP contribution in [0.3, 0.4) is 0 Å². The van der Waals surface area contributed by atoms with Gasteiger partial charge in [-0.15, -0.1) is 44.1 Å². The molecule has 0 saturated carbocycles. The van der Waals surface area contributed by atoms with E-state index in [1.165, 1.54) is 89.1 Å². The molecule has 0 atom stereocenters. The van der Waals surface area contributed by atoms with Crippen LogP contribution in [-0.4, -0.2) is 19.9 Å². The molecular formula is C78H92N8Ni2. The van der Waals surface area contributed by atoms with Crippen LogP contribution >= 0.6 is 0 Å². The molecule has 16 bridgehead atoms. The molecule has 0 saturated heterocycles. The first-order chi connectivity index (χ1) is 41.9. The third-order valence-electron chi connectivity index (χ3n) is 18.8. The Morgan fingerprint density at radius 1 is 0.250 bits per heavy atom. The van der Waals surface area contributed by atoms with Crippen molar-refractivity contribution in [3.05, 3.63) is 162 Å². The van der Waals surface area contributed by atoms with Crippen LogP contribution in [0.15, 0.2) is 60.7 Å². The quantitative estimate of drug-likeness (QED) is 0.0549. The second-order valence-electron chi connectivity index (χ2n) is 23.0. The van der Waals surface area contributed by atoms with Crippen molar-refractivity contribution >= 4 is 101 Å². The number of fused-ring (bicyclic) bond motifs is 16. The van der Waals surface area contributed by atoms with Crippen LogP contribution in [0.25, 0.3) is 101 Å². The van der Waals surface area contributed by atoms with Gasteiger partial charge in [-0.3, -0.25) is 0 Å². The molecule has 4 aliphatic rings. The minimum absolute atomic E-state index is 0. The fourth-order valence-corrected chi connectivity index (χ4v) is 14.8. The Hall–Kier alpha value is -6.59. The summed E-state index contributed by atoms with van der Waals surface area (Å²) in [5.41, 5.74) is 38.9. The maximum absolute atomic E-state index is 5.69. The number of rotatable bonds is 20. The van der Waals surface area contributed by atoms with E-state index in [1.54, 1.807) is 0 Å². The molecule has 0 aliphatic carbocycles. The monoisotopic (exact) mass is 1260 g/mol. The molecule has 0 aromatic carbocycles. The van der Waals surface area contributed by atoms with E-state index in [9.17, 15) is 0 Å². The van der Waals surface area contributed by atoms with Gasteiger partial charge >= 0.3 is 33.0 Å². The largest absolute Gasteiger partial charge is 2.00 e. The first-order valence-corrected chi connectivity index (χ1v) is 33.3. The maximum Gasteiger partial charge on any atom is 2.00 e. The molecule has 10 heteroatoms. The molecule has 0 unspecified atom stereocenters. The molecule has 0 radical (unpaired) electrons. The topological polar surface area (TPSA) is 108 Å². The molecule has 10 rings (SSSR count). The smallest absolute Gasteiger partial charge is 0.657 e. The van der Waals surface area contributed by atoms with E-state index < -0.39 is 0 Å². The van der Waals surface area contributed by atoms with Crippen molar-refractivity contribution < 1.29 is 33.0 Å². The van der Waals surface area contributed by atoms with Gasteiger partial charge in [-0.25, -0.2) is 19.9 Å². The summed E-state index contributed by atoms with van der Waals surface area (Å²) < 4.78 is 0. The summed E-state index contributed by atoms with van der Waals surface area (Å²) in [5, 5.41) is 0. The average molecular weight is 1260 g/mol. The second kappa shape index (κ2) is 29.4. The number of hydrogen-bond donors (Lipinski definition) is 0. The molecule has 10 heterocycles. The van der Waals surface area contributed by atoms with Gasteiger partial charge < -0.3 is 19.9 Å². The van der Waals surface area contributed by atoms with Crippen LogP contribution in [0.4, 0.5) is 0 Å². The van der Waals surface area contributed by atoms with Crippen molar-refractivity contribution in [3.8, 4) is 0 Å². The number of nitrogens with zero attached hydrogens (tertiary/aromatic N) is 8. The van der Waals surface area contributed by atoms with E-state index in [2.05, 4.69) is 184 Å². The summed E-state index contributed by atoms with van der Waals surface area (Å²) in [6.45, 7) is 36.3. The predicted octanol–water partition coefficient (Wildman–Crippen LogP) is 20.2. The molecule has 6 aromatic rings. The van der Waals surface area contributed by atoms with E-state index >= 15 is 0 Å². The van der Waals surface area contributed by atoms with Crippen LogP contribution in [0.2, 0.25) is 0 Å². The zero-order valence-electron chi connectivity index (χ0n) is 55.5. The van der Waals surface area contributed by atoms with Gasteiger partial charge in [0.1, 0.15) is 0 Å². The van der Waals surface area contributed by atoms with Crippen LogP contribution in [0, 0.1) is 0 Å². The molecule has 88 heavy (non-hydrogen) atoms. The molecular weight excluding hydrogens is 1170 g/mol. The van der Waals surface area contributed by atoms with Gasteiger partial charge in [0.05, 0.1) is 45.6 Å². The minimum Gasteiger partial charge on any atom is -0.657 e. The molecule has 0 amide bonds. The normalized spacial score (nSPS) is 13.7. The van der Waals surface area contributed by atoms with Gasteiger partial charge in [-0.05, 0) is 158 Å².